The first-order valence-electron chi connectivity index (χ1n) is 10.8. The summed E-state index contributed by atoms with van der Waals surface area (Å²) in [5, 5.41) is 9.49. The fourth-order valence-corrected chi connectivity index (χ4v) is 3.67. The lowest BCUT2D eigenvalue weighted by molar-refractivity contribution is -0.139. The number of halogens is 3. The molecule has 10 heteroatoms. The molecule has 0 saturated heterocycles. The Morgan fingerprint density at radius 3 is 2.34 bits per heavy atom. The van der Waals surface area contributed by atoms with Crippen LogP contribution < -0.4 is 15.2 Å². The Kier molecular flexibility index (Phi) is 9.23. The zero-order chi connectivity index (χ0) is 25.3. The molecule has 186 valence electrons. The Bertz CT molecular complexity index is 1110. The maximum atomic E-state index is 13.7. The van der Waals surface area contributed by atoms with Gasteiger partial charge in [-0.3, -0.25) is 0 Å². The second-order valence-electron chi connectivity index (χ2n) is 8.07. The van der Waals surface area contributed by atoms with Gasteiger partial charge in [-0.15, -0.1) is 4.52 Å². The molecule has 0 saturated carbocycles. The Morgan fingerprint density at radius 1 is 0.914 bits per heavy atom. The molecule has 0 fully saturated rings. The van der Waals surface area contributed by atoms with Crippen molar-refractivity contribution in [2.24, 2.45) is 5.73 Å². The third kappa shape index (κ3) is 8.04. The minimum atomic E-state index is -4.63. The number of rotatable bonds is 12. The zero-order valence-corrected chi connectivity index (χ0v) is 19.8. The molecule has 0 spiro atoms. The van der Waals surface area contributed by atoms with Gasteiger partial charge in [0, 0.05) is 0 Å². The van der Waals surface area contributed by atoms with Crippen LogP contribution in [0.1, 0.15) is 23.1 Å². The van der Waals surface area contributed by atoms with Crippen molar-refractivity contribution in [2.75, 3.05) is 13.2 Å². The van der Waals surface area contributed by atoms with Gasteiger partial charge in [0.25, 0.3) is 0 Å². The van der Waals surface area contributed by atoms with Gasteiger partial charge in [0.1, 0.15) is 30.5 Å². The van der Waals surface area contributed by atoms with Crippen molar-refractivity contribution in [3.8, 4) is 17.2 Å². The number of nitrogens with two attached hydrogens (primary N) is 1. The van der Waals surface area contributed by atoms with Crippen LogP contribution >= 0.6 is 8.69 Å². The van der Waals surface area contributed by atoms with Crippen molar-refractivity contribution < 1.29 is 36.8 Å². The number of ether oxygens (including phenoxy) is 2. The maximum absolute atomic E-state index is 13.7. The second-order valence-corrected chi connectivity index (χ2v) is 8.53. The second kappa shape index (κ2) is 12.1. The molecule has 0 aliphatic carbocycles. The lowest BCUT2D eigenvalue weighted by Gasteiger charge is -2.24. The van der Waals surface area contributed by atoms with Crippen molar-refractivity contribution in [1.82, 2.24) is 0 Å². The largest absolute Gasteiger partial charge is 0.494 e. The van der Waals surface area contributed by atoms with Gasteiger partial charge in [-0.2, -0.15) is 13.2 Å². The Morgan fingerprint density at radius 2 is 1.66 bits per heavy atom. The number of hydrogen-bond donors (Lipinski definition) is 2. The molecule has 3 rings (SSSR count). The molecule has 3 N–H and O–H groups in total. The maximum Gasteiger partial charge on any atom is 0.494 e. The van der Waals surface area contributed by atoms with Crippen LogP contribution in [0.15, 0.2) is 72.8 Å². The first-order valence-corrected chi connectivity index (χ1v) is 11.6. The van der Waals surface area contributed by atoms with Crippen molar-refractivity contribution in [3.63, 3.8) is 0 Å². The van der Waals surface area contributed by atoms with Crippen LogP contribution in [-0.4, -0.2) is 23.9 Å². The van der Waals surface area contributed by atoms with E-state index < -0.39 is 32.6 Å². The summed E-state index contributed by atoms with van der Waals surface area (Å²) in [6.45, 7) is -0.720. The van der Waals surface area contributed by atoms with Crippen LogP contribution in [-0.2, 0) is 28.3 Å². The fraction of sp³-hybridized carbons (Fsp3) is 0.280. The average molecular weight is 508 g/mol. The van der Waals surface area contributed by atoms with E-state index in [2.05, 4.69) is 0 Å². The van der Waals surface area contributed by atoms with E-state index in [-0.39, 0.29) is 31.8 Å². The summed E-state index contributed by atoms with van der Waals surface area (Å²) in [5.41, 5.74) is 4.89. The number of para-hydroxylation sites is 1. The highest BCUT2D eigenvalue weighted by atomic mass is 31.1. The summed E-state index contributed by atoms with van der Waals surface area (Å²) >= 11 is 0. The molecular weight excluding hydrogens is 482 g/mol. The van der Waals surface area contributed by atoms with E-state index in [1.807, 2.05) is 18.2 Å². The molecule has 2 atom stereocenters. The Hall–Kier alpha value is -2.97. The summed E-state index contributed by atoms with van der Waals surface area (Å²) in [5.74, 6) is 0.884. The molecule has 2 unspecified atom stereocenters. The highest BCUT2D eigenvalue weighted by Gasteiger charge is 2.35. The molecule has 0 bridgehead atoms. The third-order valence-corrected chi connectivity index (χ3v) is 5.53. The molecule has 0 aromatic heterocycles. The van der Waals surface area contributed by atoms with Gasteiger partial charge in [-0.25, -0.2) is 0 Å². The van der Waals surface area contributed by atoms with Crippen molar-refractivity contribution in [3.05, 3.63) is 89.5 Å². The summed E-state index contributed by atoms with van der Waals surface area (Å²) in [6, 6.07) is 19.9. The summed E-state index contributed by atoms with van der Waals surface area (Å²) in [4.78, 5) is 0. The molecule has 0 aliphatic rings. The minimum Gasteiger partial charge on any atom is -0.488 e. The van der Waals surface area contributed by atoms with Crippen molar-refractivity contribution in [1.29, 1.82) is 0 Å². The van der Waals surface area contributed by atoms with E-state index in [4.69, 9.17) is 19.7 Å². The van der Waals surface area contributed by atoms with Crippen LogP contribution in [0.2, 0.25) is 0 Å². The SMILES string of the molecule is NC(CO)(CCc1ccc(OCc2cccc(Oc3ccccc3)c2)c(C(F)(F)F)c1)CO[PH+]=O. The van der Waals surface area contributed by atoms with Gasteiger partial charge in [-0.05, 0) is 64.9 Å². The van der Waals surface area contributed by atoms with Crippen molar-refractivity contribution in [2.45, 2.75) is 31.2 Å². The highest BCUT2D eigenvalue weighted by molar-refractivity contribution is 7.17. The predicted molar refractivity (Wildman–Crippen MR) is 126 cm³/mol. The van der Waals surface area contributed by atoms with Gasteiger partial charge in [0.2, 0.25) is 0 Å². The predicted octanol–water partition coefficient (Wildman–Crippen LogP) is 5.65. The van der Waals surface area contributed by atoms with Gasteiger partial charge in [-0.1, -0.05) is 36.4 Å². The van der Waals surface area contributed by atoms with Gasteiger partial charge < -0.3 is 20.3 Å². The van der Waals surface area contributed by atoms with Gasteiger partial charge >= 0.3 is 14.9 Å². The van der Waals surface area contributed by atoms with Gasteiger partial charge in [0.05, 0.1) is 17.7 Å². The topological polar surface area (TPSA) is 91.0 Å². The molecule has 0 aliphatic heterocycles. The quantitative estimate of drug-likeness (QED) is 0.307. The zero-order valence-electron chi connectivity index (χ0n) is 18.8. The molecule has 0 radical (unpaired) electrons. The number of benzene rings is 3. The van der Waals surface area contributed by atoms with E-state index >= 15 is 0 Å². The first-order chi connectivity index (χ1) is 16.7. The van der Waals surface area contributed by atoms with E-state index in [9.17, 15) is 22.8 Å². The minimum absolute atomic E-state index is 0.0852. The third-order valence-electron chi connectivity index (χ3n) is 5.27. The number of aliphatic hydroxyl groups excluding tert-OH is 1. The average Bonchev–Trinajstić information content (AvgIpc) is 2.85. The fourth-order valence-electron chi connectivity index (χ4n) is 3.33. The van der Waals surface area contributed by atoms with E-state index in [0.29, 0.717) is 22.6 Å². The van der Waals surface area contributed by atoms with E-state index in [1.54, 1.807) is 36.4 Å². The monoisotopic (exact) mass is 508 g/mol. The standard InChI is InChI=1S/C25H26F3NO5P/c26-25(27,28)22-14-18(11-12-24(29,16-30)17-33-35-31)9-10-23(22)32-15-19-5-4-8-21(13-19)34-20-6-2-1-3-7-20/h1-10,13-14,30,35H,11-12,15-17,29H2/q+1. The normalized spacial score (nSPS) is 13.4. The van der Waals surface area contributed by atoms with Gasteiger partial charge in [0.15, 0.2) is 0 Å². The molecule has 3 aromatic carbocycles. The van der Waals surface area contributed by atoms with Crippen LogP contribution in [0.4, 0.5) is 13.2 Å². The van der Waals surface area contributed by atoms with Crippen molar-refractivity contribution >= 4 is 8.69 Å². The lowest BCUT2D eigenvalue weighted by atomic mass is 9.93. The molecule has 0 heterocycles. The van der Waals surface area contributed by atoms with E-state index in [1.165, 1.54) is 12.1 Å². The Labute approximate surface area is 202 Å². The molecule has 35 heavy (non-hydrogen) atoms. The van der Waals surface area contributed by atoms with Crippen LogP contribution in [0.5, 0.6) is 17.2 Å². The first kappa shape index (κ1) is 26.6. The van der Waals surface area contributed by atoms with E-state index in [0.717, 1.165) is 6.07 Å². The smallest absolute Gasteiger partial charge is 0.488 e. The number of alkyl halides is 3. The summed E-state index contributed by atoms with van der Waals surface area (Å²) in [6.07, 6.45) is -4.34. The lowest BCUT2D eigenvalue weighted by Crippen LogP contribution is -2.47. The molecule has 3 aromatic rings. The Balaban J connectivity index is 1.70. The molecular formula is C25H26F3NO5P+. The summed E-state index contributed by atoms with van der Waals surface area (Å²) < 4.78 is 67.9. The van der Waals surface area contributed by atoms with Crippen LogP contribution in [0, 0.1) is 0 Å². The summed E-state index contributed by atoms with van der Waals surface area (Å²) in [7, 11) is -1.04. The van der Waals surface area contributed by atoms with Crippen LogP contribution in [0.25, 0.3) is 0 Å². The molecule has 0 amide bonds. The van der Waals surface area contributed by atoms with Crippen LogP contribution in [0.3, 0.4) is 0 Å². The number of aliphatic hydroxyl groups is 1. The number of aryl methyl sites for hydroxylation is 1. The highest BCUT2D eigenvalue weighted by Crippen LogP contribution is 2.37. The molecule has 6 nitrogen and oxygen atoms in total. The number of hydrogen-bond acceptors (Lipinski definition) is 6.